The molecule has 0 atom stereocenters. The summed E-state index contributed by atoms with van der Waals surface area (Å²) in [7, 11) is 4.02. The van der Waals surface area contributed by atoms with E-state index in [-0.39, 0.29) is 0 Å². The van der Waals surface area contributed by atoms with E-state index in [1.54, 1.807) is 11.3 Å². The molecule has 1 aromatic rings. The minimum absolute atomic E-state index is 0.642. The second-order valence-corrected chi connectivity index (χ2v) is 5.43. The van der Waals surface area contributed by atoms with E-state index in [4.69, 9.17) is 12.2 Å². The van der Waals surface area contributed by atoms with Gasteiger partial charge < -0.3 is 5.32 Å². The molecule has 1 aromatic heterocycles. The van der Waals surface area contributed by atoms with Crippen LogP contribution in [0.2, 0.25) is 0 Å². The lowest BCUT2D eigenvalue weighted by Gasteiger charge is -2.08. The Balaban J connectivity index is 2.07. The molecule has 0 aromatic carbocycles. The quantitative estimate of drug-likeness (QED) is 0.799. The van der Waals surface area contributed by atoms with E-state index in [0.717, 1.165) is 15.8 Å². The lowest BCUT2D eigenvalue weighted by atomic mass is 10.7. The molecule has 1 heterocycles. The predicted molar refractivity (Wildman–Crippen MR) is 61.3 cm³/mol. The maximum Gasteiger partial charge on any atom is 0.204 e. The second-order valence-electron chi connectivity index (χ2n) is 3.81. The number of anilines is 1. The van der Waals surface area contributed by atoms with Crippen LogP contribution in [-0.2, 0) is 6.67 Å². The maximum atomic E-state index is 5.22. The summed E-state index contributed by atoms with van der Waals surface area (Å²) in [5, 5.41) is 8.72. The van der Waals surface area contributed by atoms with Gasteiger partial charge in [0.25, 0.3) is 0 Å². The van der Waals surface area contributed by atoms with Gasteiger partial charge in [0.05, 0.1) is 6.67 Å². The number of hydrogen-bond acceptors (Lipinski definition) is 5. The van der Waals surface area contributed by atoms with Crippen molar-refractivity contribution in [3.8, 4) is 0 Å². The van der Waals surface area contributed by atoms with Crippen LogP contribution in [0, 0.1) is 3.95 Å². The van der Waals surface area contributed by atoms with Crippen molar-refractivity contribution in [2.24, 2.45) is 0 Å². The van der Waals surface area contributed by atoms with E-state index < -0.39 is 0 Å². The van der Waals surface area contributed by atoms with Crippen molar-refractivity contribution in [2.45, 2.75) is 25.6 Å². The van der Waals surface area contributed by atoms with Crippen molar-refractivity contribution < 1.29 is 0 Å². The van der Waals surface area contributed by atoms with Gasteiger partial charge in [-0.1, -0.05) is 11.3 Å². The molecule has 1 fully saturated rings. The van der Waals surface area contributed by atoms with Crippen LogP contribution in [0.15, 0.2) is 0 Å². The summed E-state index contributed by atoms with van der Waals surface area (Å²) in [5.41, 5.74) is 0. The third-order valence-electron chi connectivity index (χ3n) is 1.93. The predicted octanol–water partition coefficient (Wildman–Crippen LogP) is 1.77. The van der Waals surface area contributed by atoms with Crippen LogP contribution in [0.25, 0.3) is 0 Å². The van der Waals surface area contributed by atoms with Gasteiger partial charge >= 0.3 is 0 Å². The van der Waals surface area contributed by atoms with Crippen LogP contribution in [0.3, 0.4) is 0 Å². The minimum Gasteiger partial charge on any atom is -0.357 e. The summed E-state index contributed by atoms with van der Waals surface area (Å²) in [6.45, 7) is 0.752. The van der Waals surface area contributed by atoms with Gasteiger partial charge in [-0.15, -0.1) is 5.10 Å². The van der Waals surface area contributed by atoms with Gasteiger partial charge in [-0.3, -0.25) is 4.90 Å². The molecule has 0 unspecified atom stereocenters. The normalized spacial score (nSPS) is 16.2. The van der Waals surface area contributed by atoms with Crippen LogP contribution >= 0.6 is 23.6 Å². The lowest BCUT2D eigenvalue weighted by Crippen LogP contribution is -2.18. The van der Waals surface area contributed by atoms with Crippen molar-refractivity contribution in [2.75, 3.05) is 19.4 Å². The molecule has 0 aliphatic heterocycles. The molecule has 0 bridgehead atoms. The lowest BCUT2D eigenvalue weighted by molar-refractivity contribution is 0.306. The van der Waals surface area contributed by atoms with E-state index in [1.165, 1.54) is 12.8 Å². The fourth-order valence-electron chi connectivity index (χ4n) is 1.12. The Hall–Kier alpha value is -0.460. The molecule has 0 amide bonds. The summed E-state index contributed by atoms with van der Waals surface area (Å²) in [6.07, 6.45) is 2.53. The van der Waals surface area contributed by atoms with Gasteiger partial charge in [0.2, 0.25) is 5.13 Å². The number of nitrogens with one attached hydrogen (secondary N) is 1. The monoisotopic (exact) mass is 230 g/mol. The molecular formula is C8H14N4S2. The van der Waals surface area contributed by atoms with Gasteiger partial charge in [-0.05, 0) is 39.2 Å². The highest BCUT2D eigenvalue weighted by atomic mass is 32.1. The first-order valence-electron chi connectivity index (χ1n) is 4.64. The Morgan fingerprint density at radius 2 is 2.36 bits per heavy atom. The van der Waals surface area contributed by atoms with Crippen molar-refractivity contribution in [1.82, 2.24) is 14.7 Å². The molecule has 1 N–H and O–H groups in total. The summed E-state index contributed by atoms with van der Waals surface area (Å²) < 4.78 is 2.69. The zero-order valence-corrected chi connectivity index (χ0v) is 9.99. The molecule has 14 heavy (non-hydrogen) atoms. The molecule has 1 aliphatic carbocycles. The van der Waals surface area contributed by atoms with E-state index in [1.807, 2.05) is 18.8 Å². The smallest absolute Gasteiger partial charge is 0.204 e. The molecule has 6 heteroatoms. The SMILES string of the molecule is CN(C)Cn1nc(NC2CC2)sc1=S. The standard InChI is InChI=1S/C8H14N4S2/c1-11(2)5-12-8(13)14-7(10-12)9-6-3-4-6/h6H,3-5H2,1-2H3,(H,9,10). The fourth-order valence-corrected chi connectivity index (χ4v) is 2.19. The average molecular weight is 230 g/mol. The van der Waals surface area contributed by atoms with Gasteiger partial charge in [-0.2, -0.15) is 0 Å². The summed E-state index contributed by atoms with van der Waals surface area (Å²) in [6, 6.07) is 0.642. The van der Waals surface area contributed by atoms with Gasteiger partial charge in [0.1, 0.15) is 0 Å². The molecule has 0 radical (unpaired) electrons. The van der Waals surface area contributed by atoms with Crippen LogP contribution in [0.5, 0.6) is 0 Å². The largest absolute Gasteiger partial charge is 0.357 e. The average Bonchev–Trinajstić information content (AvgIpc) is 2.79. The van der Waals surface area contributed by atoms with Crippen LogP contribution in [0.1, 0.15) is 12.8 Å². The van der Waals surface area contributed by atoms with Crippen molar-refractivity contribution >= 4 is 28.7 Å². The summed E-state index contributed by atoms with van der Waals surface area (Å²) >= 11 is 6.77. The molecule has 1 aliphatic rings. The Morgan fingerprint density at radius 3 is 2.93 bits per heavy atom. The molecule has 1 saturated carbocycles. The topological polar surface area (TPSA) is 33.1 Å². The van der Waals surface area contributed by atoms with Gasteiger partial charge in [0, 0.05) is 6.04 Å². The van der Waals surface area contributed by atoms with E-state index in [2.05, 4.69) is 15.3 Å². The van der Waals surface area contributed by atoms with Gasteiger partial charge in [0.15, 0.2) is 3.95 Å². The summed E-state index contributed by atoms with van der Waals surface area (Å²) in [4.78, 5) is 2.05. The van der Waals surface area contributed by atoms with Crippen molar-refractivity contribution in [3.05, 3.63) is 3.95 Å². The van der Waals surface area contributed by atoms with Crippen LogP contribution in [-0.4, -0.2) is 34.8 Å². The third-order valence-corrected chi connectivity index (χ3v) is 3.17. The maximum absolute atomic E-state index is 5.22. The summed E-state index contributed by atoms with van der Waals surface area (Å²) in [5.74, 6) is 0. The first kappa shape index (κ1) is 10.1. The zero-order chi connectivity index (χ0) is 10.1. The van der Waals surface area contributed by atoms with E-state index in [0.29, 0.717) is 6.04 Å². The highest BCUT2D eigenvalue weighted by Gasteiger charge is 2.22. The van der Waals surface area contributed by atoms with E-state index >= 15 is 0 Å². The van der Waals surface area contributed by atoms with Crippen LogP contribution < -0.4 is 5.32 Å². The molecule has 0 saturated heterocycles. The third kappa shape index (κ3) is 2.52. The van der Waals surface area contributed by atoms with E-state index in [9.17, 15) is 0 Å². The number of hydrogen-bond donors (Lipinski definition) is 1. The first-order valence-corrected chi connectivity index (χ1v) is 5.87. The Labute approximate surface area is 92.5 Å². The Kier molecular flexibility index (Phi) is 2.85. The molecule has 0 spiro atoms. The zero-order valence-electron chi connectivity index (χ0n) is 8.36. The molecule has 78 valence electrons. The van der Waals surface area contributed by atoms with Crippen molar-refractivity contribution in [3.63, 3.8) is 0 Å². The Morgan fingerprint density at radius 1 is 1.64 bits per heavy atom. The molecule has 2 rings (SSSR count). The Bertz CT molecular complexity index is 364. The molecule has 4 nitrogen and oxygen atoms in total. The number of rotatable bonds is 4. The minimum atomic E-state index is 0.642. The molecular weight excluding hydrogens is 216 g/mol. The van der Waals surface area contributed by atoms with Gasteiger partial charge in [-0.25, -0.2) is 4.68 Å². The number of aromatic nitrogens is 2. The second kappa shape index (κ2) is 3.96. The number of nitrogens with zero attached hydrogens (tertiary/aromatic N) is 3. The van der Waals surface area contributed by atoms with Crippen LogP contribution in [0.4, 0.5) is 5.13 Å². The fraction of sp³-hybridized carbons (Fsp3) is 0.750. The highest BCUT2D eigenvalue weighted by Crippen LogP contribution is 2.26. The first-order chi connectivity index (χ1) is 6.65. The highest BCUT2D eigenvalue weighted by molar-refractivity contribution is 7.73. The van der Waals surface area contributed by atoms with Crippen molar-refractivity contribution in [1.29, 1.82) is 0 Å².